The predicted molar refractivity (Wildman–Crippen MR) is 118 cm³/mol. The molecule has 3 atom stereocenters. The van der Waals surface area contributed by atoms with Gasteiger partial charge in [0.1, 0.15) is 18.1 Å². The Kier molecular flexibility index (Phi) is 7.83. The molecule has 1 fully saturated rings. The summed E-state index contributed by atoms with van der Waals surface area (Å²) in [7, 11) is 1.23. The maximum absolute atomic E-state index is 12.5. The average Bonchev–Trinajstić information content (AvgIpc) is 2.78. The van der Waals surface area contributed by atoms with Crippen molar-refractivity contribution in [1.29, 1.82) is 0 Å². The molecule has 9 heteroatoms. The van der Waals surface area contributed by atoms with Gasteiger partial charge in [-0.05, 0) is 23.3 Å². The molecule has 0 aliphatic carbocycles. The molecule has 0 saturated carbocycles. The summed E-state index contributed by atoms with van der Waals surface area (Å²) in [6.07, 6.45) is 0.241. The molecule has 0 spiro atoms. The zero-order valence-corrected chi connectivity index (χ0v) is 18.2. The molecule has 3 amide bonds. The summed E-state index contributed by atoms with van der Waals surface area (Å²) in [4.78, 5) is 49.6. The molecule has 0 unspecified atom stereocenters. The fourth-order valence-corrected chi connectivity index (χ4v) is 3.57. The van der Waals surface area contributed by atoms with Crippen molar-refractivity contribution in [2.75, 3.05) is 7.11 Å². The van der Waals surface area contributed by atoms with Gasteiger partial charge in [0, 0.05) is 17.9 Å². The Hall–Kier alpha value is -3.39. The summed E-state index contributed by atoms with van der Waals surface area (Å²) in [5, 5.41) is 8.40. The molecule has 1 aliphatic heterocycles. The zero-order chi connectivity index (χ0) is 23.1. The molecular weight excluding hydrogens is 434 g/mol. The first-order valence-electron chi connectivity index (χ1n) is 10.1. The van der Waals surface area contributed by atoms with Crippen molar-refractivity contribution in [2.24, 2.45) is 0 Å². The van der Waals surface area contributed by atoms with E-state index in [4.69, 9.17) is 16.3 Å². The van der Waals surface area contributed by atoms with Gasteiger partial charge in [-0.3, -0.25) is 14.4 Å². The van der Waals surface area contributed by atoms with Gasteiger partial charge in [-0.15, -0.1) is 0 Å². The molecule has 1 aliphatic rings. The lowest BCUT2D eigenvalue weighted by molar-refractivity contribution is -0.145. The second-order valence-corrected chi connectivity index (χ2v) is 7.93. The standard InChI is InChI=1S/C23H24ClN3O5/c1-32-23(31)19(12-15-7-9-16(24)10-8-15)25-20(28)13-18-22(30)26-17(21(29)27-18)11-14-5-3-2-4-6-14/h2-10,17-19H,11-13H2,1H3,(H,25,28)(H,26,30)(H,27,29)/t17-,18-,19+/m0/s1. The molecule has 0 bridgehead atoms. The number of esters is 1. The summed E-state index contributed by atoms with van der Waals surface area (Å²) in [5.41, 5.74) is 1.69. The lowest BCUT2D eigenvalue weighted by Crippen LogP contribution is -2.63. The molecule has 8 nitrogen and oxygen atoms in total. The van der Waals surface area contributed by atoms with E-state index >= 15 is 0 Å². The summed E-state index contributed by atoms with van der Waals surface area (Å²) in [5.74, 6) is -1.99. The number of methoxy groups -OCH3 is 1. The molecule has 0 aromatic heterocycles. The Labute approximate surface area is 190 Å². The Balaban J connectivity index is 1.57. The van der Waals surface area contributed by atoms with Crippen LogP contribution in [0, 0.1) is 0 Å². The quantitative estimate of drug-likeness (QED) is 0.515. The first-order valence-corrected chi connectivity index (χ1v) is 10.5. The van der Waals surface area contributed by atoms with Gasteiger partial charge in [0.15, 0.2) is 0 Å². The highest BCUT2D eigenvalue weighted by molar-refractivity contribution is 6.30. The summed E-state index contributed by atoms with van der Waals surface area (Å²) in [6, 6.07) is 13.5. The second-order valence-electron chi connectivity index (χ2n) is 7.49. The molecule has 3 N–H and O–H groups in total. The highest BCUT2D eigenvalue weighted by Gasteiger charge is 2.35. The molecule has 3 rings (SSSR count). The van der Waals surface area contributed by atoms with E-state index in [1.54, 1.807) is 24.3 Å². The number of nitrogens with one attached hydrogen (secondary N) is 3. The average molecular weight is 458 g/mol. The Bertz CT molecular complexity index is 981. The number of halogens is 1. The maximum atomic E-state index is 12.5. The topological polar surface area (TPSA) is 114 Å². The van der Waals surface area contributed by atoms with E-state index in [1.165, 1.54) is 7.11 Å². The SMILES string of the molecule is COC(=O)[C@@H](Cc1ccc(Cl)cc1)NC(=O)C[C@@H]1NC(=O)[C@H](Cc2ccccc2)NC1=O. The summed E-state index contributed by atoms with van der Waals surface area (Å²) < 4.78 is 4.78. The van der Waals surface area contributed by atoms with Crippen molar-refractivity contribution in [2.45, 2.75) is 37.4 Å². The molecule has 0 radical (unpaired) electrons. The predicted octanol–water partition coefficient (Wildman–Crippen LogP) is 1.16. The molecule has 32 heavy (non-hydrogen) atoms. The van der Waals surface area contributed by atoms with Crippen molar-refractivity contribution < 1.29 is 23.9 Å². The van der Waals surface area contributed by atoms with E-state index in [0.29, 0.717) is 11.4 Å². The Morgan fingerprint density at radius 2 is 1.59 bits per heavy atom. The minimum Gasteiger partial charge on any atom is -0.467 e. The monoisotopic (exact) mass is 457 g/mol. The largest absolute Gasteiger partial charge is 0.467 e. The van der Waals surface area contributed by atoms with Crippen LogP contribution < -0.4 is 16.0 Å². The van der Waals surface area contributed by atoms with Crippen LogP contribution >= 0.6 is 11.6 Å². The van der Waals surface area contributed by atoms with Crippen molar-refractivity contribution in [3.8, 4) is 0 Å². The van der Waals surface area contributed by atoms with E-state index in [-0.39, 0.29) is 18.7 Å². The third-order valence-electron chi connectivity index (χ3n) is 5.11. The van der Waals surface area contributed by atoms with Crippen LogP contribution in [0.2, 0.25) is 5.02 Å². The number of carbonyl (C=O) groups excluding carboxylic acids is 4. The Morgan fingerprint density at radius 3 is 2.25 bits per heavy atom. The third kappa shape index (κ3) is 6.31. The van der Waals surface area contributed by atoms with E-state index in [9.17, 15) is 19.2 Å². The highest BCUT2D eigenvalue weighted by Crippen LogP contribution is 2.12. The van der Waals surface area contributed by atoms with E-state index < -0.39 is 35.9 Å². The fourth-order valence-electron chi connectivity index (χ4n) is 3.44. The smallest absolute Gasteiger partial charge is 0.328 e. The van der Waals surface area contributed by atoms with Gasteiger partial charge in [-0.2, -0.15) is 0 Å². The van der Waals surface area contributed by atoms with Crippen LogP contribution in [0.15, 0.2) is 54.6 Å². The van der Waals surface area contributed by atoms with Gasteiger partial charge < -0.3 is 20.7 Å². The number of hydrogen-bond donors (Lipinski definition) is 3. The van der Waals surface area contributed by atoms with Crippen LogP contribution in [-0.4, -0.2) is 48.9 Å². The van der Waals surface area contributed by atoms with Gasteiger partial charge in [-0.25, -0.2) is 4.79 Å². The van der Waals surface area contributed by atoms with Gasteiger partial charge in [0.05, 0.1) is 13.5 Å². The zero-order valence-electron chi connectivity index (χ0n) is 17.5. The maximum Gasteiger partial charge on any atom is 0.328 e. The molecule has 168 valence electrons. The van der Waals surface area contributed by atoms with Crippen molar-refractivity contribution in [1.82, 2.24) is 16.0 Å². The van der Waals surface area contributed by atoms with E-state index in [0.717, 1.165) is 11.1 Å². The van der Waals surface area contributed by atoms with Crippen molar-refractivity contribution >= 4 is 35.3 Å². The lowest BCUT2D eigenvalue weighted by atomic mass is 10.0. The van der Waals surface area contributed by atoms with Crippen molar-refractivity contribution in [3.63, 3.8) is 0 Å². The highest BCUT2D eigenvalue weighted by atomic mass is 35.5. The summed E-state index contributed by atoms with van der Waals surface area (Å²) in [6.45, 7) is 0. The fraction of sp³-hybridized carbons (Fsp3) is 0.304. The minimum atomic E-state index is -1.02. The molecule has 2 aromatic carbocycles. The van der Waals surface area contributed by atoms with Crippen molar-refractivity contribution in [3.05, 3.63) is 70.7 Å². The van der Waals surface area contributed by atoms with Gasteiger partial charge in [-0.1, -0.05) is 54.1 Å². The van der Waals surface area contributed by atoms with Crippen LogP contribution in [0.5, 0.6) is 0 Å². The minimum absolute atomic E-state index is 0.192. The number of piperazine rings is 1. The number of rotatable bonds is 8. The number of amides is 3. The van der Waals surface area contributed by atoms with Crippen LogP contribution in [-0.2, 0) is 36.8 Å². The summed E-state index contributed by atoms with van der Waals surface area (Å²) >= 11 is 5.88. The first-order chi connectivity index (χ1) is 15.4. The number of ether oxygens (including phenoxy) is 1. The van der Waals surface area contributed by atoms with E-state index in [1.807, 2.05) is 30.3 Å². The Morgan fingerprint density at radius 1 is 0.969 bits per heavy atom. The number of benzene rings is 2. The van der Waals surface area contributed by atoms with Crippen LogP contribution in [0.4, 0.5) is 0 Å². The van der Waals surface area contributed by atoms with Crippen LogP contribution in [0.1, 0.15) is 17.5 Å². The molecular formula is C23H24ClN3O5. The van der Waals surface area contributed by atoms with Crippen LogP contribution in [0.3, 0.4) is 0 Å². The molecule has 1 saturated heterocycles. The molecule has 1 heterocycles. The number of hydrogen-bond acceptors (Lipinski definition) is 5. The first kappa shape index (κ1) is 23.3. The lowest BCUT2D eigenvalue weighted by Gasteiger charge is -2.29. The van der Waals surface area contributed by atoms with Gasteiger partial charge >= 0.3 is 5.97 Å². The normalized spacial score (nSPS) is 18.8. The van der Waals surface area contributed by atoms with Gasteiger partial charge in [0.25, 0.3) is 0 Å². The van der Waals surface area contributed by atoms with Gasteiger partial charge in [0.2, 0.25) is 17.7 Å². The number of carbonyl (C=O) groups is 4. The second kappa shape index (κ2) is 10.8. The van der Waals surface area contributed by atoms with Crippen LogP contribution in [0.25, 0.3) is 0 Å². The van der Waals surface area contributed by atoms with E-state index in [2.05, 4.69) is 16.0 Å². The third-order valence-corrected chi connectivity index (χ3v) is 5.36. The molecule has 2 aromatic rings.